The van der Waals surface area contributed by atoms with Crippen molar-refractivity contribution in [3.05, 3.63) is 29.8 Å². The number of rotatable bonds is 5. The Labute approximate surface area is 204 Å². The Morgan fingerprint density at radius 3 is 2.15 bits per heavy atom. The fourth-order valence-electron chi connectivity index (χ4n) is 3.40. The molecule has 0 radical (unpaired) electrons. The maximum atomic E-state index is 11.9. The van der Waals surface area contributed by atoms with E-state index in [9.17, 15) is 9.59 Å². The van der Waals surface area contributed by atoms with E-state index in [2.05, 4.69) is 0 Å². The first-order chi connectivity index (χ1) is 15.5. The predicted molar refractivity (Wildman–Crippen MR) is 115 cm³/mol. The topological polar surface area (TPSA) is 123 Å². The number of esters is 2. The number of ether oxygens (including phenoxy) is 7. The Balaban J connectivity index is 1.88. The Hall–Kier alpha value is -1.82. The van der Waals surface area contributed by atoms with Gasteiger partial charge in [-0.15, -0.1) is 0 Å². The first kappa shape index (κ1) is 25.8. The van der Waals surface area contributed by atoms with E-state index in [1.165, 1.54) is 6.92 Å². The van der Waals surface area contributed by atoms with Crippen molar-refractivity contribution < 1.29 is 42.7 Å². The maximum absolute atomic E-state index is 11.9. The van der Waals surface area contributed by atoms with Gasteiger partial charge in [-0.2, -0.15) is 0 Å². The largest absolute Gasteiger partial charge is 0.497 e. The number of methoxy groups -OCH3 is 1. The van der Waals surface area contributed by atoms with Crippen LogP contribution in [0, 0.1) is 5.41 Å². The molecule has 1 aromatic carbocycles. The molecular formula is C20H22Cl3NO9. The number of carbonyl (C=O) groups excluding carboxylic acids is 2. The molecule has 0 bridgehead atoms. The number of hydrogen-bond donors (Lipinski definition) is 1. The summed E-state index contributed by atoms with van der Waals surface area (Å²) in [6.07, 6.45) is -6.47. The van der Waals surface area contributed by atoms with Crippen molar-refractivity contribution >= 4 is 52.6 Å². The fraction of sp³-hybridized carbons (Fsp3) is 0.550. The molecule has 2 fully saturated rings. The predicted octanol–water partition coefficient (Wildman–Crippen LogP) is 3.06. The van der Waals surface area contributed by atoms with Gasteiger partial charge in [0.1, 0.15) is 18.0 Å². The first-order valence-electron chi connectivity index (χ1n) is 9.73. The minimum Gasteiger partial charge on any atom is -0.497 e. The molecule has 2 aliphatic rings. The van der Waals surface area contributed by atoms with Crippen LogP contribution in [-0.2, 0) is 38.0 Å². The van der Waals surface area contributed by atoms with Gasteiger partial charge in [-0.25, -0.2) is 0 Å². The summed E-state index contributed by atoms with van der Waals surface area (Å²) in [6, 6.07) is 6.99. The van der Waals surface area contributed by atoms with Gasteiger partial charge in [0.2, 0.25) is 18.3 Å². The lowest BCUT2D eigenvalue weighted by molar-refractivity contribution is -0.353. The average molecular weight is 527 g/mol. The van der Waals surface area contributed by atoms with Crippen LogP contribution in [0.2, 0.25) is 0 Å². The molecule has 2 heterocycles. The summed E-state index contributed by atoms with van der Waals surface area (Å²) >= 11 is 17.1. The van der Waals surface area contributed by atoms with Crippen LogP contribution < -0.4 is 4.74 Å². The van der Waals surface area contributed by atoms with Crippen molar-refractivity contribution in [2.75, 3.05) is 13.7 Å². The van der Waals surface area contributed by atoms with Crippen LogP contribution in [0.15, 0.2) is 24.3 Å². The number of carbonyl (C=O) groups is 2. The van der Waals surface area contributed by atoms with E-state index in [0.717, 1.165) is 6.92 Å². The number of benzene rings is 1. The molecule has 10 nitrogen and oxygen atoms in total. The van der Waals surface area contributed by atoms with E-state index in [1.54, 1.807) is 31.4 Å². The molecule has 2 saturated heterocycles. The van der Waals surface area contributed by atoms with E-state index in [4.69, 9.17) is 73.4 Å². The van der Waals surface area contributed by atoms with E-state index < -0.39 is 58.6 Å². The molecule has 0 aliphatic carbocycles. The normalized spacial score (nSPS) is 29.4. The standard InChI is InChI=1S/C20H22Cl3NO9/c1-9(25)29-15-14-13(8-28-17(32-14)11-4-6-12(27-3)7-5-11)31-18(16(15)30-10(2)26)33-19(24)20(21,22)23/h4-7,13-18,24H,8H2,1-3H3/t13-,14-,15+,16-,17?,18?/m1/s1. The molecule has 13 heteroatoms. The van der Waals surface area contributed by atoms with Crippen molar-refractivity contribution in [1.29, 1.82) is 5.41 Å². The summed E-state index contributed by atoms with van der Waals surface area (Å²) in [5.41, 5.74) is 0.677. The number of halogens is 3. The second-order valence-electron chi connectivity index (χ2n) is 7.17. The van der Waals surface area contributed by atoms with E-state index in [1.807, 2.05) is 0 Å². The average Bonchev–Trinajstić information content (AvgIpc) is 2.74. The lowest BCUT2D eigenvalue weighted by atomic mass is 9.97. The molecule has 1 N–H and O–H groups in total. The Bertz CT molecular complexity index is 877. The van der Waals surface area contributed by atoms with Crippen LogP contribution in [0.3, 0.4) is 0 Å². The summed E-state index contributed by atoms with van der Waals surface area (Å²) in [6.45, 7) is 2.35. The third kappa shape index (κ3) is 6.40. The van der Waals surface area contributed by atoms with Gasteiger partial charge in [0.15, 0.2) is 12.4 Å². The maximum Gasteiger partial charge on any atom is 0.303 e. The number of alkyl halides is 3. The lowest BCUT2D eigenvalue weighted by Crippen LogP contribution is -2.64. The van der Waals surface area contributed by atoms with Gasteiger partial charge in [0.05, 0.1) is 13.7 Å². The van der Waals surface area contributed by atoms with E-state index in [-0.39, 0.29) is 6.61 Å². The van der Waals surface area contributed by atoms with Gasteiger partial charge in [-0.05, 0) is 12.1 Å². The van der Waals surface area contributed by atoms with Crippen LogP contribution in [0.25, 0.3) is 0 Å². The quantitative estimate of drug-likeness (QED) is 0.267. The summed E-state index contributed by atoms with van der Waals surface area (Å²) in [5, 5.41) is 7.85. The summed E-state index contributed by atoms with van der Waals surface area (Å²) in [4.78, 5) is 23.7. The Morgan fingerprint density at radius 2 is 1.61 bits per heavy atom. The zero-order chi connectivity index (χ0) is 24.3. The van der Waals surface area contributed by atoms with Gasteiger partial charge in [-0.1, -0.05) is 46.9 Å². The molecule has 2 unspecified atom stereocenters. The van der Waals surface area contributed by atoms with Crippen molar-refractivity contribution in [2.45, 2.75) is 54.6 Å². The van der Waals surface area contributed by atoms with Crippen LogP contribution in [-0.4, -0.2) is 66.1 Å². The second kappa shape index (κ2) is 10.6. The molecule has 2 aliphatic heterocycles. The molecular weight excluding hydrogens is 505 g/mol. The van der Waals surface area contributed by atoms with Gasteiger partial charge in [0.25, 0.3) is 3.79 Å². The highest BCUT2D eigenvalue weighted by molar-refractivity contribution is 6.76. The molecule has 0 aromatic heterocycles. The summed E-state index contributed by atoms with van der Waals surface area (Å²) in [5.74, 6) is -1.50. The van der Waals surface area contributed by atoms with Crippen LogP contribution in [0.5, 0.6) is 5.75 Å². The highest BCUT2D eigenvalue weighted by Crippen LogP contribution is 2.38. The van der Waals surface area contributed by atoms with Crippen molar-refractivity contribution in [3.8, 4) is 5.75 Å². The minimum atomic E-state index is -2.20. The van der Waals surface area contributed by atoms with Gasteiger partial charge in [-0.3, -0.25) is 15.0 Å². The van der Waals surface area contributed by atoms with Gasteiger partial charge in [0, 0.05) is 19.4 Å². The summed E-state index contributed by atoms with van der Waals surface area (Å²) < 4.78 is 36.7. The Kier molecular flexibility index (Phi) is 8.31. The molecule has 0 amide bonds. The first-order valence-corrected chi connectivity index (χ1v) is 10.9. The van der Waals surface area contributed by atoms with Crippen LogP contribution in [0.1, 0.15) is 25.7 Å². The third-order valence-corrected chi connectivity index (χ3v) is 5.28. The van der Waals surface area contributed by atoms with E-state index >= 15 is 0 Å². The third-order valence-electron chi connectivity index (χ3n) is 4.77. The highest BCUT2D eigenvalue weighted by atomic mass is 35.6. The van der Waals surface area contributed by atoms with Crippen LogP contribution in [0.4, 0.5) is 0 Å². The van der Waals surface area contributed by atoms with Crippen molar-refractivity contribution in [3.63, 3.8) is 0 Å². The fourth-order valence-corrected chi connectivity index (χ4v) is 3.53. The number of hydrogen-bond acceptors (Lipinski definition) is 10. The molecule has 3 rings (SSSR count). The number of fused-ring (bicyclic) bond motifs is 1. The van der Waals surface area contributed by atoms with Gasteiger partial charge < -0.3 is 33.2 Å². The second-order valence-corrected chi connectivity index (χ2v) is 9.46. The van der Waals surface area contributed by atoms with Crippen molar-refractivity contribution in [2.24, 2.45) is 0 Å². The molecule has 0 spiro atoms. The summed E-state index contributed by atoms with van der Waals surface area (Å²) in [7, 11) is 1.55. The minimum absolute atomic E-state index is 0.00683. The monoisotopic (exact) mass is 525 g/mol. The molecule has 1 aromatic rings. The molecule has 0 saturated carbocycles. The lowest BCUT2D eigenvalue weighted by Gasteiger charge is -2.47. The molecule has 182 valence electrons. The zero-order valence-electron chi connectivity index (χ0n) is 17.8. The highest BCUT2D eigenvalue weighted by Gasteiger charge is 2.55. The van der Waals surface area contributed by atoms with Gasteiger partial charge >= 0.3 is 11.9 Å². The SMILES string of the molecule is COc1ccc(C2OC[C@H]3OC(OC(=N)C(Cl)(Cl)Cl)[C@H](OC(C)=O)[C@@H](OC(C)=O)[C@@H]3O2)cc1. The van der Waals surface area contributed by atoms with Crippen LogP contribution >= 0.6 is 34.8 Å². The Morgan fingerprint density at radius 1 is 1.00 bits per heavy atom. The van der Waals surface area contributed by atoms with E-state index in [0.29, 0.717) is 11.3 Å². The van der Waals surface area contributed by atoms with Crippen molar-refractivity contribution in [1.82, 2.24) is 0 Å². The smallest absolute Gasteiger partial charge is 0.303 e. The zero-order valence-corrected chi connectivity index (χ0v) is 20.1. The number of nitrogens with one attached hydrogen (secondary N) is 1. The molecule has 6 atom stereocenters. The molecule has 33 heavy (non-hydrogen) atoms.